The van der Waals surface area contributed by atoms with Crippen LogP contribution < -0.4 is 0 Å². The smallest absolute Gasteiger partial charge is 0.335 e. The average molecular weight is 210 g/mol. The maximum absolute atomic E-state index is 11.4. The molecule has 0 aromatic heterocycles. The summed E-state index contributed by atoms with van der Waals surface area (Å²) < 4.78 is 4.68. The first-order chi connectivity index (χ1) is 7.02. The SMILES string of the molecule is C=CCC(CC=C)=C(C)C(=O)OC(C)O. The van der Waals surface area contributed by atoms with Gasteiger partial charge in [0.2, 0.25) is 0 Å². The Labute approximate surface area is 90.8 Å². The van der Waals surface area contributed by atoms with Gasteiger partial charge in [0.1, 0.15) is 0 Å². The molecule has 0 saturated carbocycles. The van der Waals surface area contributed by atoms with Crippen molar-refractivity contribution in [2.24, 2.45) is 0 Å². The van der Waals surface area contributed by atoms with E-state index in [1.807, 2.05) is 0 Å². The van der Waals surface area contributed by atoms with Crippen LogP contribution in [0.2, 0.25) is 0 Å². The molecule has 0 fully saturated rings. The van der Waals surface area contributed by atoms with Crippen molar-refractivity contribution in [3.05, 3.63) is 36.5 Å². The maximum atomic E-state index is 11.4. The van der Waals surface area contributed by atoms with Gasteiger partial charge < -0.3 is 9.84 Å². The predicted molar refractivity (Wildman–Crippen MR) is 60.1 cm³/mol. The zero-order chi connectivity index (χ0) is 11.8. The Morgan fingerprint density at radius 3 is 2.20 bits per heavy atom. The van der Waals surface area contributed by atoms with Crippen molar-refractivity contribution in [2.75, 3.05) is 0 Å². The quantitative estimate of drug-likeness (QED) is 0.317. The molecule has 0 aromatic carbocycles. The lowest BCUT2D eigenvalue weighted by Crippen LogP contribution is -2.15. The molecule has 0 spiro atoms. The summed E-state index contributed by atoms with van der Waals surface area (Å²) in [7, 11) is 0. The molecule has 0 heterocycles. The number of carbonyl (C=O) groups excluding carboxylic acids is 1. The van der Waals surface area contributed by atoms with Crippen LogP contribution in [0.1, 0.15) is 26.7 Å². The second-order valence-corrected chi connectivity index (χ2v) is 3.22. The molecule has 84 valence electrons. The molecule has 3 nitrogen and oxygen atoms in total. The van der Waals surface area contributed by atoms with Gasteiger partial charge in [-0.3, -0.25) is 0 Å². The summed E-state index contributed by atoms with van der Waals surface area (Å²) in [4.78, 5) is 11.4. The Balaban J connectivity index is 4.73. The van der Waals surface area contributed by atoms with E-state index in [1.165, 1.54) is 6.92 Å². The number of allylic oxidation sites excluding steroid dienone is 3. The van der Waals surface area contributed by atoms with E-state index in [1.54, 1.807) is 19.1 Å². The van der Waals surface area contributed by atoms with E-state index >= 15 is 0 Å². The van der Waals surface area contributed by atoms with Gasteiger partial charge in [0.05, 0.1) is 0 Å². The van der Waals surface area contributed by atoms with Crippen LogP contribution in [0.15, 0.2) is 36.5 Å². The summed E-state index contributed by atoms with van der Waals surface area (Å²) in [5.74, 6) is -0.497. The van der Waals surface area contributed by atoms with Gasteiger partial charge in [-0.25, -0.2) is 4.79 Å². The van der Waals surface area contributed by atoms with Gasteiger partial charge in [-0.15, -0.1) is 13.2 Å². The predicted octanol–water partition coefficient (Wildman–Crippen LogP) is 2.34. The van der Waals surface area contributed by atoms with E-state index in [9.17, 15) is 4.79 Å². The van der Waals surface area contributed by atoms with Crippen molar-refractivity contribution in [3.63, 3.8) is 0 Å². The second kappa shape index (κ2) is 7.01. The number of hydrogen-bond acceptors (Lipinski definition) is 3. The fourth-order valence-electron chi connectivity index (χ4n) is 1.13. The molecule has 0 aliphatic carbocycles. The molecule has 0 aliphatic rings. The highest BCUT2D eigenvalue weighted by molar-refractivity contribution is 5.88. The fraction of sp³-hybridized carbons (Fsp3) is 0.417. The Bertz CT molecular complexity index is 263. The number of esters is 1. The zero-order valence-corrected chi connectivity index (χ0v) is 9.32. The lowest BCUT2D eigenvalue weighted by Gasteiger charge is -2.10. The third-order valence-electron chi connectivity index (χ3n) is 1.90. The van der Waals surface area contributed by atoms with Crippen LogP contribution in [0, 0.1) is 0 Å². The minimum atomic E-state index is -1.08. The number of hydrogen-bond donors (Lipinski definition) is 1. The van der Waals surface area contributed by atoms with Crippen molar-refractivity contribution < 1.29 is 14.6 Å². The zero-order valence-electron chi connectivity index (χ0n) is 9.32. The van der Waals surface area contributed by atoms with Gasteiger partial charge in [-0.1, -0.05) is 17.7 Å². The highest BCUT2D eigenvalue weighted by atomic mass is 16.6. The molecule has 1 atom stereocenters. The first-order valence-electron chi connectivity index (χ1n) is 4.82. The lowest BCUT2D eigenvalue weighted by molar-refractivity contribution is -0.159. The third kappa shape index (κ3) is 5.18. The number of aliphatic hydroxyl groups is 1. The van der Waals surface area contributed by atoms with E-state index in [-0.39, 0.29) is 0 Å². The summed E-state index contributed by atoms with van der Waals surface area (Å²) in [6.07, 6.45) is 3.59. The van der Waals surface area contributed by atoms with E-state index in [4.69, 9.17) is 5.11 Å². The Morgan fingerprint density at radius 2 is 1.87 bits per heavy atom. The highest BCUT2D eigenvalue weighted by Gasteiger charge is 2.12. The van der Waals surface area contributed by atoms with Gasteiger partial charge in [0.25, 0.3) is 0 Å². The standard InChI is InChI=1S/C12H18O3/c1-5-7-11(8-6-2)9(3)12(14)15-10(4)13/h5-6,10,13H,1-2,7-8H2,3-4H3. The molecule has 0 radical (unpaired) electrons. The summed E-state index contributed by atoms with van der Waals surface area (Å²) in [5.41, 5.74) is 1.42. The molecule has 1 unspecified atom stereocenters. The number of carbonyl (C=O) groups is 1. The van der Waals surface area contributed by atoms with E-state index in [0.29, 0.717) is 18.4 Å². The lowest BCUT2D eigenvalue weighted by atomic mass is 10.0. The van der Waals surface area contributed by atoms with E-state index in [0.717, 1.165) is 5.57 Å². The summed E-state index contributed by atoms with van der Waals surface area (Å²) in [5, 5.41) is 8.91. The van der Waals surface area contributed by atoms with E-state index < -0.39 is 12.3 Å². The number of ether oxygens (including phenoxy) is 1. The Hall–Kier alpha value is -1.35. The third-order valence-corrected chi connectivity index (χ3v) is 1.90. The van der Waals surface area contributed by atoms with Gasteiger partial charge in [0.15, 0.2) is 6.29 Å². The van der Waals surface area contributed by atoms with Crippen LogP contribution in [-0.2, 0) is 9.53 Å². The molecular weight excluding hydrogens is 192 g/mol. The Kier molecular flexibility index (Phi) is 6.38. The van der Waals surface area contributed by atoms with Crippen molar-refractivity contribution in [2.45, 2.75) is 33.0 Å². The monoisotopic (exact) mass is 210 g/mol. The van der Waals surface area contributed by atoms with Crippen LogP contribution in [0.25, 0.3) is 0 Å². The van der Waals surface area contributed by atoms with Crippen molar-refractivity contribution in [3.8, 4) is 0 Å². The topological polar surface area (TPSA) is 46.5 Å². The minimum Gasteiger partial charge on any atom is -0.433 e. The van der Waals surface area contributed by atoms with Gasteiger partial charge in [-0.05, 0) is 26.7 Å². The van der Waals surface area contributed by atoms with Crippen molar-refractivity contribution >= 4 is 5.97 Å². The first kappa shape index (κ1) is 13.7. The molecule has 0 aromatic rings. The summed E-state index contributed by atoms with van der Waals surface area (Å²) >= 11 is 0. The van der Waals surface area contributed by atoms with E-state index in [2.05, 4.69) is 17.9 Å². The van der Waals surface area contributed by atoms with Crippen LogP contribution in [0.4, 0.5) is 0 Å². The minimum absolute atomic E-state index is 0.497. The molecule has 0 aliphatic heterocycles. The maximum Gasteiger partial charge on any atom is 0.335 e. The molecule has 0 amide bonds. The summed E-state index contributed by atoms with van der Waals surface area (Å²) in [6, 6.07) is 0. The van der Waals surface area contributed by atoms with Crippen molar-refractivity contribution in [1.82, 2.24) is 0 Å². The second-order valence-electron chi connectivity index (χ2n) is 3.22. The van der Waals surface area contributed by atoms with Crippen molar-refractivity contribution in [1.29, 1.82) is 0 Å². The van der Waals surface area contributed by atoms with Gasteiger partial charge in [0, 0.05) is 5.57 Å². The molecule has 0 rings (SSSR count). The van der Waals surface area contributed by atoms with Gasteiger partial charge >= 0.3 is 5.97 Å². The molecule has 1 N–H and O–H groups in total. The molecule has 0 bridgehead atoms. The fourth-order valence-corrected chi connectivity index (χ4v) is 1.13. The summed E-state index contributed by atoms with van der Waals surface area (Å²) in [6.45, 7) is 10.3. The van der Waals surface area contributed by atoms with Crippen LogP contribution in [0.5, 0.6) is 0 Å². The number of aliphatic hydroxyl groups excluding tert-OH is 1. The van der Waals surface area contributed by atoms with Crippen LogP contribution in [-0.4, -0.2) is 17.4 Å². The Morgan fingerprint density at radius 1 is 1.40 bits per heavy atom. The molecule has 0 saturated heterocycles. The van der Waals surface area contributed by atoms with Gasteiger partial charge in [-0.2, -0.15) is 0 Å². The molecular formula is C12H18O3. The average Bonchev–Trinajstić information content (AvgIpc) is 2.15. The molecule has 15 heavy (non-hydrogen) atoms. The largest absolute Gasteiger partial charge is 0.433 e. The van der Waals surface area contributed by atoms with Crippen LogP contribution in [0.3, 0.4) is 0 Å². The van der Waals surface area contributed by atoms with Crippen LogP contribution >= 0.6 is 0 Å². The highest BCUT2D eigenvalue weighted by Crippen LogP contribution is 2.15. The molecule has 3 heteroatoms. The first-order valence-corrected chi connectivity index (χ1v) is 4.82. The normalized spacial score (nSPS) is 11.4. The number of rotatable bonds is 6.